The molecule has 6 heteroatoms. The zero-order valence-electron chi connectivity index (χ0n) is 15.3. The van der Waals surface area contributed by atoms with Crippen LogP contribution in [0.4, 0.5) is 11.6 Å². The van der Waals surface area contributed by atoms with Crippen LogP contribution in [-0.4, -0.2) is 40.5 Å². The topological polar surface area (TPSA) is 67.4 Å². The van der Waals surface area contributed by atoms with E-state index in [0.29, 0.717) is 11.5 Å². The highest BCUT2D eigenvalue weighted by Crippen LogP contribution is 2.26. The second-order valence-corrected chi connectivity index (χ2v) is 6.16. The molecule has 1 aromatic carbocycles. The van der Waals surface area contributed by atoms with Gasteiger partial charge in [0, 0.05) is 26.0 Å². The van der Waals surface area contributed by atoms with Gasteiger partial charge in [-0.15, -0.1) is 0 Å². The average Bonchev–Trinajstić information content (AvgIpc) is 2.61. The number of hydrogen-bond acceptors (Lipinski definition) is 5. The van der Waals surface area contributed by atoms with Gasteiger partial charge in [-0.2, -0.15) is 0 Å². The lowest BCUT2D eigenvalue weighted by atomic mass is 10.2. The van der Waals surface area contributed by atoms with Crippen molar-refractivity contribution in [3.8, 4) is 5.75 Å². The number of nitrogens with one attached hydrogen (secondary N) is 1. The molecule has 6 nitrogen and oxygen atoms in total. The molecule has 0 fully saturated rings. The maximum absolute atomic E-state index is 12.3. The molecule has 1 aromatic heterocycles. The summed E-state index contributed by atoms with van der Waals surface area (Å²) in [7, 11) is 1.80. The minimum Gasteiger partial charge on any atom is -0.489 e. The molecule has 0 aliphatic rings. The van der Waals surface area contributed by atoms with Crippen molar-refractivity contribution in [3.63, 3.8) is 0 Å². The fourth-order valence-corrected chi connectivity index (χ4v) is 2.27. The Kier molecular flexibility index (Phi) is 6.74. The maximum Gasteiger partial charge on any atom is 0.256 e. The van der Waals surface area contributed by atoms with Crippen molar-refractivity contribution in [2.45, 2.75) is 39.7 Å². The molecule has 0 aliphatic carbocycles. The summed E-state index contributed by atoms with van der Waals surface area (Å²) in [6.07, 6.45) is 5.20. The van der Waals surface area contributed by atoms with Crippen molar-refractivity contribution in [2.24, 2.45) is 0 Å². The van der Waals surface area contributed by atoms with E-state index in [1.54, 1.807) is 24.3 Å². The first-order valence-electron chi connectivity index (χ1n) is 8.61. The number of carbonyl (C=O) groups excluding carboxylic acids is 1. The van der Waals surface area contributed by atoms with Crippen LogP contribution in [-0.2, 0) is 0 Å². The fraction of sp³-hybridized carbons (Fsp3) is 0.421. The number of para-hydroxylation sites is 2. The summed E-state index contributed by atoms with van der Waals surface area (Å²) in [5.41, 5.74) is 1.27. The molecule has 0 saturated heterocycles. The van der Waals surface area contributed by atoms with E-state index < -0.39 is 0 Å². The van der Waals surface area contributed by atoms with E-state index in [4.69, 9.17) is 4.74 Å². The summed E-state index contributed by atoms with van der Waals surface area (Å²) in [5, 5.41) is 3.14. The van der Waals surface area contributed by atoms with Crippen molar-refractivity contribution in [1.82, 2.24) is 14.9 Å². The Labute approximate surface area is 149 Å². The number of nitrogens with zero attached hydrogens (tertiary/aromatic N) is 3. The first-order chi connectivity index (χ1) is 12.0. The minimum absolute atomic E-state index is 0.0662. The monoisotopic (exact) mass is 342 g/mol. The molecule has 0 radical (unpaired) electrons. The molecule has 1 N–H and O–H groups in total. The molecule has 0 bridgehead atoms. The van der Waals surface area contributed by atoms with Crippen LogP contribution in [0, 0.1) is 0 Å². The Bertz CT molecular complexity index is 686. The lowest BCUT2D eigenvalue weighted by molar-refractivity contribution is 0.0792. The second-order valence-electron chi connectivity index (χ2n) is 6.16. The van der Waals surface area contributed by atoms with E-state index in [2.05, 4.69) is 22.2 Å². The predicted molar refractivity (Wildman–Crippen MR) is 99.4 cm³/mol. The minimum atomic E-state index is -0.0662. The van der Waals surface area contributed by atoms with Gasteiger partial charge in [0.15, 0.2) is 0 Å². The lowest BCUT2D eigenvalue weighted by Gasteiger charge is -2.17. The highest BCUT2D eigenvalue weighted by molar-refractivity contribution is 5.93. The highest BCUT2D eigenvalue weighted by atomic mass is 16.5. The van der Waals surface area contributed by atoms with Crippen molar-refractivity contribution < 1.29 is 9.53 Å². The third-order valence-corrected chi connectivity index (χ3v) is 3.59. The van der Waals surface area contributed by atoms with Gasteiger partial charge in [0.25, 0.3) is 5.91 Å². The van der Waals surface area contributed by atoms with Crippen molar-refractivity contribution in [1.29, 1.82) is 0 Å². The Morgan fingerprint density at radius 2 is 1.92 bits per heavy atom. The van der Waals surface area contributed by atoms with Crippen LogP contribution >= 0.6 is 0 Å². The molecule has 1 heterocycles. The third-order valence-electron chi connectivity index (χ3n) is 3.59. The van der Waals surface area contributed by atoms with E-state index in [9.17, 15) is 4.79 Å². The largest absolute Gasteiger partial charge is 0.489 e. The number of unbranched alkanes of at least 4 members (excludes halogenated alkanes) is 1. The number of hydrogen-bond donors (Lipinski definition) is 1. The molecule has 2 rings (SSSR count). The van der Waals surface area contributed by atoms with E-state index in [1.165, 1.54) is 0 Å². The zero-order valence-corrected chi connectivity index (χ0v) is 15.3. The van der Waals surface area contributed by atoms with Gasteiger partial charge >= 0.3 is 0 Å². The maximum atomic E-state index is 12.3. The van der Waals surface area contributed by atoms with Crippen LogP contribution in [0.25, 0.3) is 0 Å². The predicted octanol–water partition coefficient (Wildman–Crippen LogP) is 3.88. The first kappa shape index (κ1) is 18.7. The molecule has 0 atom stereocenters. The highest BCUT2D eigenvalue weighted by Gasteiger charge is 2.13. The number of carbonyl (C=O) groups is 1. The van der Waals surface area contributed by atoms with Crippen LogP contribution in [0.5, 0.6) is 5.75 Å². The van der Waals surface area contributed by atoms with Crippen LogP contribution in [0.2, 0.25) is 0 Å². The number of benzene rings is 1. The summed E-state index contributed by atoms with van der Waals surface area (Å²) < 4.78 is 5.77. The molecular weight excluding hydrogens is 316 g/mol. The van der Waals surface area contributed by atoms with Gasteiger partial charge in [0.1, 0.15) is 5.75 Å². The molecule has 0 spiro atoms. The number of amides is 1. The van der Waals surface area contributed by atoms with Gasteiger partial charge in [-0.3, -0.25) is 4.79 Å². The molecular formula is C19H26N4O2. The lowest BCUT2D eigenvalue weighted by Crippen LogP contribution is -2.27. The normalized spacial score (nSPS) is 10.6. The average molecular weight is 342 g/mol. The number of ether oxygens (including phenoxy) is 1. The third kappa shape index (κ3) is 5.45. The number of rotatable bonds is 8. The SMILES string of the molecule is CCCCN(C)C(=O)c1cnc(Nc2ccccc2OC(C)C)nc1. The smallest absolute Gasteiger partial charge is 0.256 e. The van der Waals surface area contributed by atoms with Gasteiger partial charge in [-0.05, 0) is 32.4 Å². The van der Waals surface area contributed by atoms with Gasteiger partial charge < -0.3 is 15.0 Å². The van der Waals surface area contributed by atoms with Crippen molar-refractivity contribution in [3.05, 3.63) is 42.2 Å². The Morgan fingerprint density at radius 1 is 1.24 bits per heavy atom. The number of anilines is 2. The standard InChI is InChI=1S/C19H26N4O2/c1-5-6-11-23(4)18(24)15-12-20-19(21-13-15)22-16-9-7-8-10-17(16)25-14(2)3/h7-10,12-14H,5-6,11H2,1-4H3,(H,20,21,22). The molecule has 1 amide bonds. The van der Waals surface area contributed by atoms with Crippen LogP contribution < -0.4 is 10.1 Å². The van der Waals surface area contributed by atoms with Crippen LogP contribution in [0.15, 0.2) is 36.7 Å². The fourth-order valence-electron chi connectivity index (χ4n) is 2.27. The summed E-state index contributed by atoms with van der Waals surface area (Å²) >= 11 is 0. The molecule has 134 valence electrons. The zero-order chi connectivity index (χ0) is 18.2. The van der Waals surface area contributed by atoms with Crippen molar-refractivity contribution in [2.75, 3.05) is 18.9 Å². The quantitative estimate of drug-likeness (QED) is 0.788. The van der Waals surface area contributed by atoms with E-state index in [0.717, 1.165) is 30.8 Å². The van der Waals surface area contributed by atoms with E-state index in [-0.39, 0.29) is 12.0 Å². The summed E-state index contributed by atoms with van der Waals surface area (Å²) in [5.74, 6) is 1.09. The van der Waals surface area contributed by atoms with Gasteiger partial charge in [-0.25, -0.2) is 9.97 Å². The van der Waals surface area contributed by atoms with Crippen LogP contribution in [0.3, 0.4) is 0 Å². The number of aromatic nitrogens is 2. The first-order valence-corrected chi connectivity index (χ1v) is 8.61. The Hall–Kier alpha value is -2.63. The van der Waals surface area contributed by atoms with E-state index in [1.807, 2.05) is 38.1 Å². The van der Waals surface area contributed by atoms with Crippen molar-refractivity contribution >= 4 is 17.5 Å². The molecule has 2 aromatic rings. The second kappa shape index (κ2) is 9.01. The summed E-state index contributed by atoms with van der Waals surface area (Å²) in [6.45, 7) is 6.78. The molecule has 0 saturated carbocycles. The Morgan fingerprint density at radius 3 is 2.56 bits per heavy atom. The van der Waals surface area contributed by atoms with Gasteiger partial charge in [0.05, 0.1) is 17.4 Å². The molecule has 0 aliphatic heterocycles. The van der Waals surface area contributed by atoms with Gasteiger partial charge in [0.2, 0.25) is 5.95 Å². The molecule has 25 heavy (non-hydrogen) atoms. The summed E-state index contributed by atoms with van der Waals surface area (Å²) in [6, 6.07) is 7.62. The van der Waals surface area contributed by atoms with Gasteiger partial charge in [-0.1, -0.05) is 25.5 Å². The molecule has 0 unspecified atom stereocenters. The summed E-state index contributed by atoms with van der Waals surface area (Å²) in [4.78, 5) is 22.5. The Balaban J connectivity index is 2.07. The van der Waals surface area contributed by atoms with Crippen LogP contribution in [0.1, 0.15) is 44.0 Å². The van der Waals surface area contributed by atoms with E-state index >= 15 is 0 Å².